The van der Waals surface area contributed by atoms with Crippen molar-refractivity contribution in [1.29, 1.82) is 0 Å². The molecule has 1 aliphatic heterocycles. The molecule has 0 saturated heterocycles. The van der Waals surface area contributed by atoms with Gasteiger partial charge in [0.25, 0.3) is 0 Å². The first kappa shape index (κ1) is 21.1. The molecule has 2 heteroatoms. The van der Waals surface area contributed by atoms with Gasteiger partial charge in [0.15, 0.2) is 0 Å². The summed E-state index contributed by atoms with van der Waals surface area (Å²) in [7, 11) is 0. The second kappa shape index (κ2) is 8.67. The van der Waals surface area contributed by atoms with Gasteiger partial charge in [0.05, 0.1) is 17.0 Å². The van der Waals surface area contributed by atoms with Crippen molar-refractivity contribution in [1.82, 2.24) is 0 Å². The standard InChI is InChI=1S/C24H40N2/c1-16(2)11-19(7)25-21-9-10-23-22(13-21)20(12-17(3)4)15-24(8,26-23)14-18(5)6/h9-10,13,16-20H,11-12,14-15H2,1-8H3. The summed E-state index contributed by atoms with van der Waals surface area (Å²) in [5.41, 5.74) is 3.84. The van der Waals surface area contributed by atoms with Crippen LogP contribution in [-0.2, 0) is 0 Å². The van der Waals surface area contributed by atoms with Gasteiger partial charge in [-0.15, -0.1) is 0 Å². The quantitative estimate of drug-likeness (QED) is 0.455. The molecule has 0 bridgehead atoms. The SMILES string of the molecule is CC(C)CC(C)N=C1C=CC2=NC(C)(CC(C)C)CC(CC(C)C)C2=C1. The van der Waals surface area contributed by atoms with Crippen LogP contribution in [0.2, 0.25) is 0 Å². The summed E-state index contributed by atoms with van der Waals surface area (Å²) in [6.07, 6.45) is 11.4. The molecule has 2 aliphatic rings. The number of hydrogen-bond donors (Lipinski definition) is 0. The van der Waals surface area contributed by atoms with Gasteiger partial charge in [0.2, 0.25) is 0 Å². The molecule has 0 aromatic rings. The zero-order valence-electron chi connectivity index (χ0n) is 18.3. The first-order valence-electron chi connectivity index (χ1n) is 10.7. The second-order valence-corrected chi connectivity index (χ2v) is 10.1. The van der Waals surface area contributed by atoms with Crippen LogP contribution in [0.5, 0.6) is 0 Å². The molecule has 0 N–H and O–H groups in total. The zero-order valence-corrected chi connectivity index (χ0v) is 18.3. The maximum Gasteiger partial charge on any atom is 0.0617 e. The van der Waals surface area contributed by atoms with Gasteiger partial charge >= 0.3 is 0 Å². The molecule has 1 heterocycles. The van der Waals surface area contributed by atoms with Crippen molar-refractivity contribution in [2.24, 2.45) is 33.7 Å². The van der Waals surface area contributed by atoms with E-state index in [2.05, 4.69) is 73.6 Å². The normalized spacial score (nSPS) is 28.6. The molecule has 0 spiro atoms. The minimum atomic E-state index is 0.0737. The number of nitrogens with zero attached hydrogens (tertiary/aromatic N) is 2. The highest BCUT2D eigenvalue weighted by Gasteiger charge is 2.36. The third kappa shape index (κ3) is 5.93. The Morgan fingerprint density at radius 2 is 1.73 bits per heavy atom. The molecule has 0 saturated carbocycles. The summed E-state index contributed by atoms with van der Waals surface area (Å²) >= 11 is 0. The van der Waals surface area contributed by atoms with E-state index in [0.29, 0.717) is 29.7 Å². The van der Waals surface area contributed by atoms with Gasteiger partial charge in [-0.05, 0) is 87.0 Å². The highest BCUT2D eigenvalue weighted by molar-refractivity contribution is 6.21. The van der Waals surface area contributed by atoms with Gasteiger partial charge in [-0.25, -0.2) is 0 Å². The Morgan fingerprint density at radius 1 is 1.04 bits per heavy atom. The van der Waals surface area contributed by atoms with Gasteiger partial charge in [0.1, 0.15) is 0 Å². The van der Waals surface area contributed by atoms with Crippen LogP contribution in [-0.4, -0.2) is 23.0 Å². The predicted octanol–water partition coefficient (Wildman–Crippen LogP) is 6.67. The average molecular weight is 357 g/mol. The number of aliphatic imine (C=N–C) groups is 2. The summed E-state index contributed by atoms with van der Waals surface area (Å²) in [6, 6.07) is 0.378. The zero-order chi connectivity index (χ0) is 19.5. The maximum atomic E-state index is 5.20. The van der Waals surface area contributed by atoms with Crippen molar-refractivity contribution in [2.45, 2.75) is 92.7 Å². The number of rotatable bonds is 7. The van der Waals surface area contributed by atoms with Gasteiger partial charge < -0.3 is 0 Å². The van der Waals surface area contributed by atoms with Crippen LogP contribution in [0.4, 0.5) is 0 Å². The summed E-state index contributed by atoms with van der Waals surface area (Å²) in [5, 5.41) is 0. The third-order valence-electron chi connectivity index (χ3n) is 5.31. The van der Waals surface area contributed by atoms with Crippen LogP contribution < -0.4 is 0 Å². The van der Waals surface area contributed by atoms with E-state index in [9.17, 15) is 0 Å². The van der Waals surface area contributed by atoms with Crippen molar-refractivity contribution >= 4 is 11.4 Å². The van der Waals surface area contributed by atoms with Gasteiger partial charge in [-0.1, -0.05) is 41.5 Å². The molecule has 146 valence electrons. The number of fused-ring (bicyclic) bond motifs is 1. The highest BCUT2D eigenvalue weighted by atomic mass is 14.9. The lowest BCUT2D eigenvalue weighted by Crippen LogP contribution is -2.37. The first-order valence-corrected chi connectivity index (χ1v) is 10.7. The first-order chi connectivity index (χ1) is 12.1. The minimum Gasteiger partial charge on any atom is -0.282 e. The molecule has 0 amide bonds. The molecule has 3 atom stereocenters. The highest BCUT2D eigenvalue weighted by Crippen LogP contribution is 2.40. The Morgan fingerprint density at radius 3 is 2.31 bits per heavy atom. The lowest BCUT2D eigenvalue weighted by Gasteiger charge is -2.39. The van der Waals surface area contributed by atoms with E-state index in [-0.39, 0.29) is 5.54 Å². The van der Waals surface area contributed by atoms with Crippen LogP contribution in [0.25, 0.3) is 0 Å². The van der Waals surface area contributed by atoms with Crippen LogP contribution in [0, 0.1) is 23.7 Å². The average Bonchev–Trinajstić information content (AvgIpc) is 2.45. The largest absolute Gasteiger partial charge is 0.282 e. The van der Waals surface area contributed by atoms with Crippen LogP contribution in [0.15, 0.2) is 33.8 Å². The molecule has 3 unspecified atom stereocenters. The van der Waals surface area contributed by atoms with Gasteiger partial charge in [-0.2, -0.15) is 0 Å². The van der Waals surface area contributed by atoms with Crippen molar-refractivity contribution in [3.05, 3.63) is 23.8 Å². The fourth-order valence-electron chi connectivity index (χ4n) is 4.81. The van der Waals surface area contributed by atoms with Crippen molar-refractivity contribution < 1.29 is 0 Å². The Kier molecular flexibility index (Phi) is 7.05. The van der Waals surface area contributed by atoms with Crippen molar-refractivity contribution in [2.75, 3.05) is 0 Å². The molecule has 0 aromatic carbocycles. The third-order valence-corrected chi connectivity index (χ3v) is 5.31. The lowest BCUT2D eigenvalue weighted by molar-refractivity contribution is 0.282. The minimum absolute atomic E-state index is 0.0737. The molecular formula is C24H40N2. The van der Waals surface area contributed by atoms with Crippen molar-refractivity contribution in [3.8, 4) is 0 Å². The van der Waals surface area contributed by atoms with E-state index in [1.165, 1.54) is 30.5 Å². The molecule has 2 nitrogen and oxygen atoms in total. The number of allylic oxidation sites excluding steroid dienone is 4. The summed E-state index contributed by atoms with van der Waals surface area (Å²) < 4.78 is 0. The molecule has 0 radical (unpaired) electrons. The van der Waals surface area contributed by atoms with E-state index in [4.69, 9.17) is 9.98 Å². The molecule has 0 fully saturated rings. The van der Waals surface area contributed by atoms with E-state index in [1.807, 2.05) is 0 Å². The van der Waals surface area contributed by atoms with Crippen molar-refractivity contribution in [3.63, 3.8) is 0 Å². The van der Waals surface area contributed by atoms with Crippen LogP contribution >= 0.6 is 0 Å². The molecule has 0 aromatic heterocycles. The van der Waals surface area contributed by atoms with E-state index in [1.54, 1.807) is 0 Å². The Labute approximate surface area is 162 Å². The Bertz CT molecular complexity index is 604. The molecule has 1 aliphatic carbocycles. The smallest absolute Gasteiger partial charge is 0.0617 e. The van der Waals surface area contributed by atoms with E-state index < -0.39 is 0 Å². The van der Waals surface area contributed by atoms with E-state index in [0.717, 1.165) is 12.1 Å². The van der Waals surface area contributed by atoms with E-state index >= 15 is 0 Å². The van der Waals surface area contributed by atoms with Gasteiger partial charge in [0, 0.05) is 6.04 Å². The fraction of sp³-hybridized carbons (Fsp3) is 0.750. The molecular weight excluding hydrogens is 316 g/mol. The number of hydrogen-bond acceptors (Lipinski definition) is 2. The Hall–Kier alpha value is -1.18. The van der Waals surface area contributed by atoms with Gasteiger partial charge in [-0.3, -0.25) is 9.98 Å². The maximum absolute atomic E-state index is 5.20. The summed E-state index contributed by atoms with van der Waals surface area (Å²) in [6.45, 7) is 18.4. The summed E-state index contributed by atoms with van der Waals surface area (Å²) in [5.74, 6) is 2.67. The molecule has 26 heavy (non-hydrogen) atoms. The summed E-state index contributed by atoms with van der Waals surface area (Å²) in [4.78, 5) is 10.2. The predicted molar refractivity (Wildman–Crippen MR) is 116 cm³/mol. The second-order valence-electron chi connectivity index (χ2n) is 10.1. The molecule has 2 rings (SSSR count). The topological polar surface area (TPSA) is 24.7 Å². The lowest BCUT2D eigenvalue weighted by atomic mass is 9.72. The van der Waals surface area contributed by atoms with Crippen LogP contribution in [0.3, 0.4) is 0 Å². The monoisotopic (exact) mass is 356 g/mol. The fourth-order valence-corrected chi connectivity index (χ4v) is 4.81. The Balaban J connectivity index is 2.32. The van der Waals surface area contributed by atoms with Crippen LogP contribution in [0.1, 0.15) is 81.1 Å².